The molecule has 0 aromatic heterocycles. The molecule has 5 nitrogen and oxygen atoms in total. The first-order valence-corrected chi connectivity index (χ1v) is 9.56. The van der Waals surface area contributed by atoms with E-state index in [1.807, 2.05) is 0 Å². The first-order chi connectivity index (χ1) is 11.3. The van der Waals surface area contributed by atoms with Gasteiger partial charge in [0.25, 0.3) is 0 Å². The maximum atomic E-state index is 12.2. The van der Waals surface area contributed by atoms with Crippen molar-refractivity contribution in [3.05, 3.63) is 0 Å². The van der Waals surface area contributed by atoms with E-state index in [1.165, 1.54) is 32.1 Å². The van der Waals surface area contributed by atoms with Gasteiger partial charge < -0.3 is 15.8 Å². The molecular formula is C18H35N3O2. The maximum absolute atomic E-state index is 12.2. The molecule has 5 heteroatoms. The van der Waals surface area contributed by atoms with Crippen LogP contribution >= 0.6 is 0 Å². The van der Waals surface area contributed by atoms with Crippen molar-refractivity contribution in [2.75, 3.05) is 39.4 Å². The summed E-state index contributed by atoms with van der Waals surface area (Å²) < 4.78 is 5.51. The van der Waals surface area contributed by atoms with Crippen LogP contribution in [0.3, 0.4) is 0 Å². The molecule has 1 aliphatic carbocycles. The number of carbonyl (C=O) groups is 1. The highest BCUT2D eigenvalue weighted by Crippen LogP contribution is 2.33. The zero-order chi connectivity index (χ0) is 16.4. The summed E-state index contributed by atoms with van der Waals surface area (Å²) in [4.78, 5) is 14.7. The van der Waals surface area contributed by atoms with E-state index >= 15 is 0 Å². The number of morpholine rings is 1. The lowest BCUT2D eigenvalue weighted by atomic mass is 9.79. The quantitative estimate of drug-likeness (QED) is 0.637. The zero-order valence-corrected chi connectivity index (χ0v) is 14.7. The van der Waals surface area contributed by atoms with E-state index in [0.29, 0.717) is 6.42 Å². The second-order valence-corrected chi connectivity index (χ2v) is 7.11. The Morgan fingerprint density at radius 3 is 2.43 bits per heavy atom. The summed E-state index contributed by atoms with van der Waals surface area (Å²) in [5.41, 5.74) is 5.67. The number of unbranched alkanes of at least 4 members (excludes halogenated alkanes) is 3. The smallest absolute Gasteiger partial charge is 0.220 e. The Morgan fingerprint density at radius 1 is 1.04 bits per heavy atom. The standard InChI is InChI=1S/C18H35N3O2/c19-11-7-2-1-4-8-17(22)20-16-18(9-5-3-6-10-18)21-12-14-23-15-13-21/h1-16,19H2,(H,20,22). The van der Waals surface area contributed by atoms with E-state index in [0.717, 1.165) is 65.1 Å². The van der Waals surface area contributed by atoms with Crippen LogP contribution < -0.4 is 11.1 Å². The summed E-state index contributed by atoms with van der Waals surface area (Å²) in [5, 5.41) is 3.24. The van der Waals surface area contributed by atoms with Gasteiger partial charge in [0.2, 0.25) is 5.91 Å². The largest absolute Gasteiger partial charge is 0.379 e. The van der Waals surface area contributed by atoms with E-state index in [-0.39, 0.29) is 11.4 Å². The summed E-state index contributed by atoms with van der Waals surface area (Å²) in [7, 11) is 0. The number of rotatable bonds is 9. The molecule has 2 fully saturated rings. The Morgan fingerprint density at radius 2 is 1.74 bits per heavy atom. The van der Waals surface area contributed by atoms with Crippen LogP contribution in [0.5, 0.6) is 0 Å². The first kappa shape index (κ1) is 18.7. The summed E-state index contributed by atoms with van der Waals surface area (Å²) in [6.07, 6.45) is 11.3. The van der Waals surface area contributed by atoms with Crippen molar-refractivity contribution in [2.45, 2.75) is 69.7 Å². The van der Waals surface area contributed by atoms with Gasteiger partial charge in [-0.25, -0.2) is 0 Å². The van der Waals surface area contributed by atoms with Crippen LogP contribution in [0.2, 0.25) is 0 Å². The van der Waals surface area contributed by atoms with Gasteiger partial charge in [-0.3, -0.25) is 9.69 Å². The fraction of sp³-hybridized carbons (Fsp3) is 0.944. The van der Waals surface area contributed by atoms with E-state index in [9.17, 15) is 4.79 Å². The fourth-order valence-electron chi connectivity index (χ4n) is 3.99. The molecule has 1 heterocycles. The van der Waals surface area contributed by atoms with E-state index in [2.05, 4.69) is 10.2 Å². The predicted octanol–water partition coefficient (Wildman–Crippen LogP) is 2.05. The molecule has 0 aromatic rings. The van der Waals surface area contributed by atoms with Crippen molar-refractivity contribution in [3.8, 4) is 0 Å². The first-order valence-electron chi connectivity index (χ1n) is 9.56. The monoisotopic (exact) mass is 325 g/mol. The van der Waals surface area contributed by atoms with Crippen molar-refractivity contribution < 1.29 is 9.53 Å². The van der Waals surface area contributed by atoms with Gasteiger partial charge in [0.05, 0.1) is 13.2 Å². The van der Waals surface area contributed by atoms with Crippen LogP contribution in [-0.2, 0) is 9.53 Å². The third-order valence-corrected chi connectivity index (χ3v) is 5.44. The molecule has 3 N–H and O–H groups in total. The normalized spacial score (nSPS) is 22.0. The van der Waals surface area contributed by atoms with Gasteiger partial charge in [0.15, 0.2) is 0 Å². The Balaban J connectivity index is 1.75. The number of nitrogens with one attached hydrogen (secondary N) is 1. The van der Waals surface area contributed by atoms with Crippen LogP contribution in [0.25, 0.3) is 0 Å². The molecule has 1 aliphatic heterocycles. The molecule has 0 unspecified atom stereocenters. The Kier molecular flexibility index (Phi) is 8.34. The molecule has 1 saturated carbocycles. The van der Waals surface area contributed by atoms with E-state index < -0.39 is 0 Å². The van der Waals surface area contributed by atoms with Crippen molar-refractivity contribution >= 4 is 5.91 Å². The van der Waals surface area contributed by atoms with Crippen molar-refractivity contribution in [1.29, 1.82) is 0 Å². The third-order valence-electron chi connectivity index (χ3n) is 5.44. The lowest BCUT2D eigenvalue weighted by molar-refractivity contribution is -0.122. The number of carbonyl (C=O) groups excluding carboxylic acids is 1. The minimum Gasteiger partial charge on any atom is -0.379 e. The zero-order valence-electron chi connectivity index (χ0n) is 14.7. The average Bonchev–Trinajstić information content (AvgIpc) is 2.61. The topological polar surface area (TPSA) is 67.6 Å². The van der Waals surface area contributed by atoms with Gasteiger partial charge in [0, 0.05) is 31.6 Å². The van der Waals surface area contributed by atoms with Crippen LogP contribution in [0.15, 0.2) is 0 Å². The van der Waals surface area contributed by atoms with Gasteiger partial charge in [-0.2, -0.15) is 0 Å². The van der Waals surface area contributed by atoms with E-state index in [4.69, 9.17) is 10.5 Å². The Labute approximate surface area is 141 Å². The van der Waals surface area contributed by atoms with Gasteiger partial charge >= 0.3 is 0 Å². The van der Waals surface area contributed by atoms with Gasteiger partial charge in [0.1, 0.15) is 0 Å². The molecule has 2 rings (SSSR count). The molecule has 0 aromatic carbocycles. The minimum absolute atomic E-state index is 0.178. The van der Waals surface area contributed by atoms with Crippen LogP contribution in [0, 0.1) is 0 Å². The molecule has 1 amide bonds. The summed E-state index contributed by atoms with van der Waals surface area (Å²) in [6.45, 7) is 5.25. The van der Waals surface area contributed by atoms with Gasteiger partial charge in [-0.15, -0.1) is 0 Å². The Bertz CT molecular complexity index is 337. The fourth-order valence-corrected chi connectivity index (χ4v) is 3.99. The highest BCUT2D eigenvalue weighted by atomic mass is 16.5. The summed E-state index contributed by atoms with van der Waals surface area (Å²) >= 11 is 0. The third kappa shape index (κ3) is 6.05. The summed E-state index contributed by atoms with van der Waals surface area (Å²) in [6, 6.07) is 0. The highest BCUT2D eigenvalue weighted by molar-refractivity contribution is 5.75. The second-order valence-electron chi connectivity index (χ2n) is 7.11. The molecule has 2 aliphatic rings. The number of nitrogens with zero attached hydrogens (tertiary/aromatic N) is 1. The van der Waals surface area contributed by atoms with Crippen molar-refractivity contribution in [1.82, 2.24) is 10.2 Å². The maximum Gasteiger partial charge on any atom is 0.220 e. The number of ether oxygens (including phenoxy) is 1. The number of amides is 1. The van der Waals surface area contributed by atoms with Crippen molar-refractivity contribution in [3.63, 3.8) is 0 Å². The molecule has 0 spiro atoms. The van der Waals surface area contributed by atoms with Gasteiger partial charge in [-0.05, 0) is 32.2 Å². The molecule has 134 valence electrons. The molecular weight excluding hydrogens is 290 g/mol. The predicted molar refractivity (Wildman–Crippen MR) is 93.4 cm³/mol. The number of nitrogens with two attached hydrogens (primary N) is 1. The minimum atomic E-state index is 0.178. The highest BCUT2D eigenvalue weighted by Gasteiger charge is 2.38. The van der Waals surface area contributed by atoms with Crippen LogP contribution in [0.1, 0.15) is 64.2 Å². The van der Waals surface area contributed by atoms with E-state index in [1.54, 1.807) is 0 Å². The molecule has 0 atom stereocenters. The molecule has 0 bridgehead atoms. The lowest BCUT2D eigenvalue weighted by Gasteiger charge is -2.48. The van der Waals surface area contributed by atoms with Crippen LogP contribution in [-0.4, -0.2) is 55.7 Å². The Hall–Kier alpha value is -0.650. The van der Waals surface area contributed by atoms with Crippen LogP contribution in [0.4, 0.5) is 0 Å². The number of hydrogen-bond donors (Lipinski definition) is 2. The molecule has 0 radical (unpaired) electrons. The molecule has 23 heavy (non-hydrogen) atoms. The average molecular weight is 325 g/mol. The SMILES string of the molecule is NCCCCCCC(=O)NCC1(N2CCOCC2)CCCCC1. The number of hydrogen-bond acceptors (Lipinski definition) is 4. The second kappa shape index (κ2) is 10.3. The van der Waals surface area contributed by atoms with Crippen molar-refractivity contribution in [2.24, 2.45) is 5.73 Å². The lowest BCUT2D eigenvalue weighted by Crippen LogP contribution is -2.59. The van der Waals surface area contributed by atoms with Gasteiger partial charge in [-0.1, -0.05) is 32.1 Å². The summed E-state index contributed by atoms with van der Waals surface area (Å²) in [5.74, 6) is 0.218. The molecule has 1 saturated heterocycles.